The Kier molecular flexibility index (Phi) is 3.72. The average molecular weight is 238 g/mol. The minimum Gasteiger partial charge on any atom is -0.493 e. The molecule has 0 radical (unpaired) electrons. The van der Waals surface area contributed by atoms with Gasteiger partial charge in [-0.1, -0.05) is 13.3 Å². The van der Waals surface area contributed by atoms with Gasteiger partial charge in [0.2, 0.25) is 0 Å². The third kappa shape index (κ3) is 2.32. The maximum Gasteiger partial charge on any atom is 0.162 e. The summed E-state index contributed by atoms with van der Waals surface area (Å²) in [5, 5.41) is 14.8. The average Bonchev–Trinajstić information content (AvgIpc) is 2.93. The number of ether oxygens (including phenoxy) is 1. The first kappa shape index (κ1) is 12.4. The predicted octanol–water partition coefficient (Wildman–Crippen LogP) is 2.38. The van der Waals surface area contributed by atoms with Crippen LogP contribution in [0.4, 0.5) is 0 Å². The summed E-state index contributed by atoms with van der Waals surface area (Å²) in [5.41, 5.74) is 0.842. The van der Waals surface area contributed by atoms with E-state index in [4.69, 9.17) is 4.74 Å². The number of hydrogen-bond donors (Lipinski definition) is 1. The Labute approximate surface area is 103 Å². The summed E-state index contributed by atoms with van der Waals surface area (Å²) in [7, 11) is 1.63. The molecule has 3 unspecified atom stereocenters. The monoisotopic (exact) mass is 238 g/mol. The molecule has 0 saturated heterocycles. The van der Waals surface area contributed by atoms with Crippen molar-refractivity contribution in [3.8, 4) is 5.75 Å². The first-order valence-corrected chi connectivity index (χ1v) is 6.45. The van der Waals surface area contributed by atoms with Crippen LogP contribution in [0, 0.1) is 11.8 Å². The van der Waals surface area contributed by atoms with Gasteiger partial charge >= 0.3 is 0 Å². The lowest BCUT2D eigenvalue weighted by molar-refractivity contribution is 0.0974. The quantitative estimate of drug-likeness (QED) is 0.876. The molecule has 1 heterocycles. The lowest BCUT2D eigenvalue weighted by Gasteiger charge is -2.20. The molecule has 0 amide bonds. The molecular formula is C13H22N2O2. The van der Waals surface area contributed by atoms with Crippen LogP contribution in [-0.4, -0.2) is 22.0 Å². The van der Waals surface area contributed by atoms with Gasteiger partial charge in [0.05, 0.1) is 13.3 Å². The van der Waals surface area contributed by atoms with Gasteiger partial charge in [0.15, 0.2) is 5.75 Å². The van der Waals surface area contributed by atoms with Gasteiger partial charge in [-0.2, -0.15) is 5.10 Å². The summed E-state index contributed by atoms with van der Waals surface area (Å²) >= 11 is 0. The summed E-state index contributed by atoms with van der Waals surface area (Å²) in [6.45, 7) is 5.04. The number of rotatable bonds is 4. The van der Waals surface area contributed by atoms with Crippen molar-refractivity contribution in [2.45, 2.75) is 45.8 Å². The molecule has 0 aliphatic heterocycles. The maximum atomic E-state index is 10.5. The molecule has 1 N–H and O–H groups in total. The molecule has 2 rings (SSSR count). The van der Waals surface area contributed by atoms with E-state index >= 15 is 0 Å². The molecule has 17 heavy (non-hydrogen) atoms. The fraction of sp³-hybridized carbons (Fsp3) is 0.769. The zero-order chi connectivity index (χ0) is 12.4. The largest absolute Gasteiger partial charge is 0.493 e. The molecule has 96 valence electrons. The van der Waals surface area contributed by atoms with E-state index in [1.807, 2.05) is 11.6 Å². The molecule has 4 heteroatoms. The summed E-state index contributed by atoms with van der Waals surface area (Å²) in [6, 6.07) is 0. The number of aliphatic hydroxyl groups excluding tert-OH is 1. The van der Waals surface area contributed by atoms with E-state index in [0.717, 1.165) is 31.0 Å². The normalized spacial score (nSPS) is 26.1. The van der Waals surface area contributed by atoms with Crippen LogP contribution in [0.5, 0.6) is 5.75 Å². The highest BCUT2D eigenvalue weighted by Gasteiger charge is 2.32. The van der Waals surface area contributed by atoms with Crippen LogP contribution in [0.2, 0.25) is 0 Å². The van der Waals surface area contributed by atoms with Crippen LogP contribution in [0.25, 0.3) is 0 Å². The highest BCUT2D eigenvalue weighted by atomic mass is 16.5. The van der Waals surface area contributed by atoms with Crippen LogP contribution in [0.3, 0.4) is 0 Å². The molecule has 3 atom stereocenters. The number of aromatic nitrogens is 2. The Bertz CT molecular complexity index is 354. The van der Waals surface area contributed by atoms with E-state index in [9.17, 15) is 5.11 Å². The fourth-order valence-corrected chi connectivity index (χ4v) is 2.85. The van der Waals surface area contributed by atoms with Gasteiger partial charge in [0.25, 0.3) is 0 Å². The molecule has 1 aliphatic rings. The number of nitrogens with zero attached hydrogens (tertiary/aromatic N) is 2. The van der Waals surface area contributed by atoms with Gasteiger partial charge in [0, 0.05) is 6.54 Å². The van der Waals surface area contributed by atoms with E-state index < -0.39 is 6.10 Å². The van der Waals surface area contributed by atoms with E-state index in [2.05, 4.69) is 12.0 Å². The van der Waals surface area contributed by atoms with Gasteiger partial charge in [0.1, 0.15) is 11.8 Å². The van der Waals surface area contributed by atoms with E-state index in [-0.39, 0.29) is 0 Å². The Morgan fingerprint density at radius 3 is 2.88 bits per heavy atom. The Hall–Kier alpha value is -1.03. The first-order chi connectivity index (χ1) is 8.17. The Morgan fingerprint density at radius 2 is 2.35 bits per heavy atom. The predicted molar refractivity (Wildman–Crippen MR) is 65.9 cm³/mol. The van der Waals surface area contributed by atoms with Gasteiger partial charge < -0.3 is 9.84 Å². The highest BCUT2D eigenvalue weighted by molar-refractivity contribution is 5.28. The van der Waals surface area contributed by atoms with Crippen LogP contribution in [0.1, 0.15) is 44.9 Å². The number of aliphatic hydroxyl groups is 1. The van der Waals surface area contributed by atoms with Gasteiger partial charge in [-0.3, -0.25) is 4.68 Å². The summed E-state index contributed by atoms with van der Waals surface area (Å²) in [4.78, 5) is 0. The van der Waals surface area contributed by atoms with Gasteiger partial charge in [-0.05, 0) is 31.6 Å². The first-order valence-electron chi connectivity index (χ1n) is 6.45. The highest BCUT2D eigenvalue weighted by Crippen LogP contribution is 2.41. The third-order valence-corrected chi connectivity index (χ3v) is 3.83. The van der Waals surface area contributed by atoms with Crippen LogP contribution in [-0.2, 0) is 6.54 Å². The SMILES string of the molecule is CCn1ncc(OC)c1C(O)C1CCC(C)C1. The van der Waals surface area contributed by atoms with Crippen molar-refractivity contribution in [1.29, 1.82) is 0 Å². The van der Waals surface area contributed by atoms with Crippen molar-refractivity contribution < 1.29 is 9.84 Å². The molecule has 1 aromatic heterocycles. The molecule has 0 spiro atoms. The molecular weight excluding hydrogens is 216 g/mol. The van der Waals surface area contributed by atoms with Crippen molar-refractivity contribution in [2.75, 3.05) is 7.11 Å². The maximum absolute atomic E-state index is 10.5. The molecule has 0 bridgehead atoms. The van der Waals surface area contributed by atoms with E-state index in [1.54, 1.807) is 13.3 Å². The van der Waals surface area contributed by atoms with Crippen molar-refractivity contribution >= 4 is 0 Å². The molecule has 0 aromatic carbocycles. The number of methoxy groups -OCH3 is 1. The molecule has 1 saturated carbocycles. The number of hydrogen-bond acceptors (Lipinski definition) is 3. The lowest BCUT2D eigenvalue weighted by Crippen LogP contribution is -2.15. The van der Waals surface area contributed by atoms with Crippen LogP contribution in [0.15, 0.2) is 6.20 Å². The minimum absolute atomic E-state index is 0.348. The smallest absolute Gasteiger partial charge is 0.162 e. The van der Waals surface area contributed by atoms with Gasteiger partial charge in [-0.15, -0.1) is 0 Å². The fourth-order valence-electron chi connectivity index (χ4n) is 2.85. The molecule has 1 aliphatic carbocycles. The zero-order valence-electron chi connectivity index (χ0n) is 10.9. The summed E-state index contributed by atoms with van der Waals surface area (Å²) < 4.78 is 7.13. The lowest BCUT2D eigenvalue weighted by atomic mass is 9.96. The molecule has 4 nitrogen and oxygen atoms in total. The zero-order valence-corrected chi connectivity index (χ0v) is 10.9. The molecule has 1 fully saturated rings. The Morgan fingerprint density at radius 1 is 1.59 bits per heavy atom. The number of aryl methyl sites for hydroxylation is 1. The topological polar surface area (TPSA) is 47.3 Å². The second-order valence-electron chi connectivity index (χ2n) is 5.04. The second-order valence-corrected chi connectivity index (χ2v) is 5.04. The van der Waals surface area contributed by atoms with Crippen LogP contribution >= 0.6 is 0 Å². The van der Waals surface area contributed by atoms with Crippen molar-refractivity contribution in [3.05, 3.63) is 11.9 Å². The summed E-state index contributed by atoms with van der Waals surface area (Å²) in [5.74, 6) is 1.78. The van der Waals surface area contributed by atoms with E-state index in [0.29, 0.717) is 11.7 Å². The van der Waals surface area contributed by atoms with E-state index in [1.165, 1.54) is 6.42 Å². The Balaban J connectivity index is 2.22. The standard InChI is InChI=1S/C13H22N2O2/c1-4-15-12(11(17-3)8-14-15)13(16)10-6-5-9(2)7-10/h8-10,13,16H,4-7H2,1-3H3. The van der Waals surface area contributed by atoms with Crippen LogP contribution < -0.4 is 4.74 Å². The van der Waals surface area contributed by atoms with Crippen molar-refractivity contribution in [1.82, 2.24) is 9.78 Å². The third-order valence-electron chi connectivity index (χ3n) is 3.83. The van der Waals surface area contributed by atoms with Crippen molar-refractivity contribution in [3.63, 3.8) is 0 Å². The molecule has 1 aromatic rings. The minimum atomic E-state index is -0.447. The summed E-state index contributed by atoms with van der Waals surface area (Å²) in [6.07, 6.45) is 4.65. The van der Waals surface area contributed by atoms with Crippen molar-refractivity contribution in [2.24, 2.45) is 11.8 Å². The van der Waals surface area contributed by atoms with Gasteiger partial charge in [-0.25, -0.2) is 0 Å². The second kappa shape index (κ2) is 5.08.